The molecule has 162 valence electrons. The molecule has 1 aromatic carbocycles. The van der Waals surface area contributed by atoms with Gasteiger partial charge in [-0.1, -0.05) is 31.4 Å². The van der Waals surface area contributed by atoms with Gasteiger partial charge < -0.3 is 19.5 Å². The van der Waals surface area contributed by atoms with E-state index in [9.17, 15) is 14.4 Å². The van der Waals surface area contributed by atoms with Crippen molar-refractivity contribution < 1.29 is 28.6 Å². The van der Waals surface area contributed by atoms with Gasteiger partial charge in [0.1, 0.15) is 5.75 Å². The Hall–Kier alpha value is -1.28. The van der Waals surface area contributed by atoms with E-state index in [1.807, 2.05) is 6.92 Å². The second-order valence-corrected chi connectivity index (χ2v) is 7.44. The monoisotopic (exact) mass is 449 g/mol. The molecular weight excluding hydrogens is 421 g/mol. The molecule has 1 aliphatic rings. The summed E-state index contributed by atoms with van der Waals surface area (Å²) in [6, 6.07) is 6.48. The van der Waals surface area contributed by atoms with Gasteiger partial charge in [0.2, 0.25) is 6.29 Å². The van der Waals surface area contributed by atoms with E-state index in [2.05, 4.69) is 5.32 Å². The van der Waals surface area contributed by atoms with E-state index >= 15 is 0 Å². The van der Waals surface area contributed by atoms with Crippen molar-refractivity contribution in [2.24, 2.45) is 5.92 Å². The first kappa shape index (κ1) is 26.8. The van der Waals surface area contributed by atoms with Crippen LogP contribution in [0.5, 0.6) is 5.75 Å². The van der Waals surface area contributed by atoms with E-state index in [1.165, 1.54) is 0 Å². The quantitative estimate of drug-likeness (QED) is 0.191. The number of hydrogen-bond donors (Lipinski definition) is 1. The molecule has 1 atom stereocenters. The number of rotatable bonds is 10. The minimum absolute atomic E-state index is 0. The van der Waals surface area contributed by atoms with Crippen molar-refractivity contribution in [1.29, 1.82) is 0 Å². The number of hydrogen-bond acceptors (Lipinski definition) is 6. The Bertz CT molecular complexity index is 679. The molecule has 1 saturated carbocycles. The SMILES string of the molecule is CCCC(OC(=O)NCCCC(=O)Oc1ccc(Cl)cc1)OC(=O)C1CCCC1.[NaH]. The molecule has 0 spiro atoms. The fourth-order valence-corrected chi connectivity index (χ4v) is 3.16. The molecule has 0 aromatic heterocycles. The Labute approximate surface area is 204 Å². The number of nitrogens with one attached hydrogen (secondary N) is 1. The van der Waals surface area contributed by atoms with Crippen LogP contribution in [0.2, 0.25) is 5.02 Å². The summed E-state index contributed by atoms with van der Waals surface area (Å²) >= 11 is 5.78. The van der Waals surface area contributed by atoms with E-state index in [-0.39, 0.29) is 54.4 Å². The summed E-state index contributed by atoms with van der Waals surface area (Å²) in [5.74, 6) is -0.374. The summed E-state index contributed by atoms with van der Waals surface area (Å²) in [7, 11) is 0. The van der Waals surface area contributed by atoms with Gasteiger partial charge in [0, 0.05) is 24.4 Å². The molecule has 30 heavy (non-hydrogen) atoms. The van der Waals surface area contributed by atoms with Gasteiger partial charge in [0.25, 0.3) is 0 Å². The molecule has 1 aromatic rings. The summed E-state index contributed by atoms with van der Waals surface area (Å²) in [5, 5.41) is 3.12. The van der Waals surface area contributed by atoms with Crippen LogP contribution < -0.4 is 10.1 Å². The van der Waals surface area contributed by atoms with Gasteiger partial charge in [-0.2, -0.15) is 0 Å². The number of carbonyl (C=O) groups excluding carboxylic acids is 3. The van der Waals surface area contributed by atoms with Crippen molar-refractivity contribution >= 4 is 59.2 Å². The number of halogens is 1. The molecule has 1 aliphatic carbocycles. The third kappa shape index (κ3) is 10.2. The Morgan fingerprint density at radius 2 is 1.80 bits per heavy atom. The summed E-state index contributed by atoms with van der Waals surface area (Å²) in [6.07, 6.45) is 3.84. The van der Waals surface area contributed by atoms with E-state index in [1.54, 1.807) is 24.3 Å². The predicted octanol–water partition coefficient (Wildman–Crippen LogP) is 3.96. The van der Waals surface area contributed by atoms with Gasteiger partial charge >= 0.3 is 47.6 Å². The van der Waals surface area contributed by atoms with Crippen LogP contribution in [0.4, 0.5) is 4.79 Å². The zero-order valence-corrected chi connectivity index (χ0v) is 17.4. The molecule has 1 N–H and O–H groups in total. The van der Waals surface area contributed by atoms with Crippen molar-refractivity contribution in [1.82, 2.24) is 5.32 Å². The molecule has 0 bridgehead atoms. The normalized spacial score (nSPS) is 14.3. The molecule has 1 amide bonds. The van der Waals surface area contributed by atoms with Crippen molar-refractivity contribution in [3.05, 3.63) is 29.3 Å². The van der Waals surface area contributed by atoms with Crippen LogP contribution in [0.3, 0.4) is 0 Å². The van der Waals surface area contributed by atoms with Gasteiger partial charge in [-0.25, -0.2) is 4.79 Å². The maximum absolute atomic E-state index is 12.1. The first-order valence-electron chi connectivity index (χ1n) is 10.1. The van der Waals surface area contributed by atoms with Crippen LogP contribution in [-0.2, 0) is 19.1 Å². The zero-order valence-electron chi connectivity index (χ0n) is 16.7. The zero-order chi connectivity index (χ0) is 21.1. The first-order chi connectivity index (χ1) is 14.0. The summed E-state index contributed by atoms with van der Waals surface area (Å²) in [4.78, 5) is 35.9. The fourth-order valence-electron chi connectivity index (χ4n) is 3.03. The van der Waals surface area contributed by atoms with Crippen LogP contribution in [0.25, 0.3) is 0 Å². The predicted molar refractivity (Wildman–Crippen MR) is 115 cm³/mol. The number of benzene rings is 1. The number of amides is 1. The Balaban J connectivity index is 0.00000450. The molecule has 0 aliphatic heterocycles. The average Bonchev–Trinajstić information content (AvgIpc) is 3.22. The van der Waals surface area contributed by atoms with Crippen LogP contribution in [0.1, 0.15) is 58.3 Å². The second-order valence-electron chi connectivity index (χ2n) is 7.00. The summed E-state index contributed by atoms with van der Waals surface area (Å²) in [5.41, 5.74) is 0. The van der Waals surface area contributed by atoms with Crippen LogP contribution >= 0.6 is 11.6 Å². The van der Waals surface area contributed by atoms with Crippen molar-refractivity contribution in [3.63, 3.8) is 0 Å². The molecule has 2 rings (SSSR count). The number of esters is 2. The van der Waals surface area contributed by atoms with E-state index in [0.29, 0.717) is 30.0 Å². The molecule has 1 unspecified atom stereocenters. The Kier molecular flexibility index (Phi) is 13.1. The first-order valence-corrected chi connectivity index (χ1v) is 10.5. The minimum atomic E-state index is -0.886. The van der Waals surface area contributed by atoms with Crippen molar-refractivity contribution in [3.8, 4) is 5.75 Å². The van der Waals surface area contributed by atoms with E-state index in [4.69, 9.17) is 25.8 Å². The third-order valence-corrected chi connectivity index (χ3v) is 4.82. The van der Waals surface area contributed by atoms with E-state index in [0.717, 1.165) is 25.7 Å². The molecular formula is C21H29ClNNaO6. The third-order valence-electron chi connectivity index (χ3n) is 4.57. The summed E-state index contributed by atoms with van der Waals surface area (Å²) < 4.78 is 15.7. The molecule has 9 heteroatoms. The number of alkyl carbamates (subject to hydrolysis) is 1. The molecule has 1 fully saturated rings. The van der Waals surface area contributed by atoms with E-state index < -0.39 is 18.4 Å². The molecule has 0 saturated heterocycles. The van der Waals surface area contributed by atoms with Crippen molar-refractivity contribution in [2.45, 2.75) is 64.6 Å². The standard InChI is InChI=1S/C21H28ClNO6.Na.H/c1-2-6-19(28-20(25)15-7-3-4-8-15)29-21(26)23-14-5-9-18(24)27-17-12-10-16(22)11-13-17;;/h10-13,15,19H,2-9,14H2,1H3,(H,23,26);;. The Morgan fingerprint density at radius 3 is 2.43 bits per heavy atom. The number of ether oxygens (including phenoxy) is 3. The number of carbonyl (C=O) groups is 3. The van der Waals surface area contributed by atoms with Crippen LogP contribution in [0, 0.1) is 5.92 Å². The van der Waals surface area contributed by atoms with Gasteiger partial charge in [-0.15, -0.1) is 0 Å². The maximum atomic E-state index is 12.1. The second kappa shape index (κ2) is 14.7. The Morgan fingerprint density at radius 1 is 1.13 bits per heavy atom. The van der Waals surface area contributed by atoms with Gasteiger partial charge in [0.05, 0.1) is 5.92 Å². The average molecular weight is 450 g/mol. The van der Waals surface area contributed by atoms with Gasteiger partial charge in [-0.05, 0) is 49.9 Å². The molecule has 7 nitrogen and oxygen atoms in total. The fraction of sp³-hybridized carbons (Fsp3) is 0.571. The molecule has 0 radical (unpaired) electrons. The summed E-state index contributed by atoms with van der Waals surface area (Å²) in [6.45, 7) is 2.16. The molecule has 0 heterocycles. The van der Waals surface area contributed by atoms with Crippen LogP contribution in [0.15, 0.2) is 24.3 Å². The van der Waals surface area contributed by atoms with Crippen molar-refractivity contribution in [2.75, 3.05) is 6.54 Å². The van der Waals surface area contributed by atoms with Crippen LogP contribution in [-0.4, -0.2) is 60.4 Å². The topological polar surface area (TPSA) is 90.9 Å². The van der Waals surface area contributed by atoms with Gasteiger partial charge in [-0.3, -0.25) is 9.59 Å². The van der Waals surface area contributed by atoms with Gasteiger partial charge in [0.15, 0.2) is 0 Å².